The van der Waals surface area contributed by atoms with Crippen LogP contribution in [0.5, 0.6) is 0 Å². The SMILES string of the molecule is COC(=O)c1ccc(NC(=O)c2ccc(Cn3ccnc3C)cc2)cc1. The number of anilines is 1. The Hall–Kier alpha value is -3.41. The van der Waals surface area contributed by atoms with Gasteiger partial charge in [0, 0.05) is 30.2 Å². The molecule has 1 amide bonds. The summed E-state index contributed by atoms with van der Waals surface area (Å²) in [4.78, 5) is 28.0. The Kier molecular flexibility index (Phi) is 5.12. The van der Waals surface area contributed by atoms with E-state index >= 15 is 0 Å². The Morgan fingerprint density at radius 3 is 2.27 bits per heavy atom. The summed E-state index contributed by atoms with van der Waals surface area (Å²) in [7, 11) is 1.33. The summed E-state index contributed by atoms with van der Waals surface area (Å²) in [5.41, 5.74) is 2.70. The van der Waals surface area contributed by atoms with Gasteiger partial charge >= 0.3 is 5.97 Å². The van der Waals surface area contributed by atoms with Gasteiger partial charge in [-0.2, -0.15) is 0 Å². The van der Waals surface area contributed by atoms with Crippen molar-refractivity contribution in [3.8, 4) is 0 Å². The van der Waals surface area contributed by atoms with E-state index in [0.29, 0.717) is 23.4 Å². The van der Waals surface area contributed by atoms with E-state index in [1.807, 2.05) is 29.8 Å². The number of rotatable bonds is 5. The zero-order valence-corrected chi connectivity index (χ0v) is 14.6. The van der Waals surface area contributed by atoms with E-state index < -0.39 is 5.97 Å². The van der Waals surface area contributed by atoms with Crippen LogP contribution in [0.3, 0.4) is 0 Å². The maximum Gasteiger partial charge on any atom is 0.337 e. The fourth-order valence-corrected chi connectivity index (χ4v) is 2.54. The number of imidazole rings is 1. The first kappa shape index (κ1) is 17.4. The number of methoxy groups -OCH3 is 1. The molecular formula is C20H19N3O3. The van der Waals surface area contributed by atoms with Crippen LogP contribution < -0.4 is 5.32 Å². The van der Waals surface area contributed by atoms with Crippen LogP contribution >= 0.6 is 0 Å². The summed E-state index contributed by atoms with van der Waals surface area (Å²) < 4.78 is 6.69. The summed E-state index contributed by atoms with van der Waals surface area (Å²) in [5, 5.41) is 2.81. The lowest BCUT2D eigenvalue weighted by molar-refractivity contribution is 0.0600. The van der Waals surface area contributed by atoms with Gasteiger partial charge in [-0.05, 0) is 48.9 Å². The highest BCUT2D eigenvalue weighted by Crippen LogP contribution is 2.13. The molecule has 1 aromatic heterocycles. The number of benzene rings is 2. The molecule has 1 N–H and O–H groups in total. The molecule has 0 aliphatic carbocycles. The van der Waals surface area contributed by atoms with Crippen molar-refractivity contribution in [3.05, 3.63) is 83.4 Å². The van der Waals surface area contributed by atoms with E-state index in [1.54, 1.807) is 42.6 Å². The molecule has 0 fully saturated rings. The molecule has 132 valence electrons. The normalized spacial score (nSPS) is 10.4. The minimum atomic E-state index is -0.411. The molecule has 0 saturated heterocycles. The maximum absolute atomic E-state index is 12.4. The Labute approximate surface area is 151 Å². The van der Waals surface area contributed by atoms with Gasteiger partial charge in [0.25, 0.3) is 5.91 Å². The number of nitrogens with one attached hydrogen (secondary N) is 1. The van der Waals surface area contributed by atoms with Crippen LogP contribution in [0.25, 0.3) is 0 Å². The zero-order chi connectivity index (χ0) is 18.5. The van der Waals surface area contributed by atoms with Crippen molar-refractivity contribution in [1.29, 1.82) is 0 Å². The molecule has 26 heavy (non-hydrogen) atoms. The molecule has 1 heterocycles. The van der Waals surface area contributed by atoms with Crippen LogP contribution in [-0.4, -0.2) is 28.5 Å². The molecule has 0 aliphatic heterocycles. The predicted molar refractivity (Wildman–Crippen MR) is 98.2 cm³/mol. The van der Waals surface area contributed by atoms with Crippen molar-refractivity contribution in [2.75, 3.05) is 12.4 Å². The molecule has 2 aromatic carbocycles. The minimum Gasteiger partial charge on any atom is -0.465 e. The van der Waals surface area contributed by atoms with Crippen LogP contribution in [0.2, 0.25) is 0 Å². The topological polar surface area (TPSA) is 73.2 Å². The summed E-state index contributed by atoms with van der Waals surface area (Å²) in [6.07, 6.45) is 3.69. The summed E-state index contributed by atoms with van der Waals surface area (Å²) in [6, 6.07) is 14.0. The highest BCUT2D eigenvalue weighted by Gasteiger charge is 2.08. The Morgan fingerprint density at radius 1 is 1.04 bits per heavy atom. The number of hydrogen-bond donors (Lipinski definition) is 1. The van der Waals surface area contributed by atoms with E-state index in [9.17, 15) is 9.59 Å². The molecule has 0 bridgehead atoms. The predicted octanol–water partition coefficient (Wildman–Crippen LogP) is 3.28. The number of amides is 1. The molecular weight excluding hydrogens is 330 g/mol. The highest BCUT2D eigenvalue weighted by molar-refractivity contribution is 6.04. The molecule has 3 aromatic rings. The Morgan fingerprint density at radius 2 is 1.69 bits per heavy atom. The van der Waals surface area contributed by atoms with Gasteiger partial charge in [-0.3, -0.25) is 4.79 Å². The first-order chi connectivity index (χ1) is 12.6. The van der Waals surface area contributed by atoms with Gasteiger partial charge in [-0.25, -0.2) is 9.78 Å². The van der Waals surface area contributed by atoms with Crippen molar-refractivity contribution >= 4 is 17.6 Å². The van der Waals surface area contributed by atoms with Crippen molar-refractivity contribution in [2.24, 2.45) is 0 Å². The van der Waals surface area contributed by atoms with Gasteiger partial charge in [-0.1, -0.05) is 12.1 Å². The average molecular weight is 349 g/mol. The number of nitrogens with zero attached hydrogens (tertiary/aromatic N) is 2. The largest absolute Gasteiger partial charge is 0.465 e. The maximum atomic E-state index is 12.4. The molecule has 3 rings (SSSR count). The van der Waals surface area contributed by atoms with Crippen LogP contribution in [-0.2, 0) is 11.3 Å². The standard InChI is InChI=1S/C20H19N3O3/c1-14-21-11-12-23(14)13-15-3-5-16(6-4-15)19(24)22-18-9-7-17(8-10-18)20(25)26-2/h3-12H,13H2,1-2H3,(H,22,24). The number of esters is 1. The highest BCUT2D eigenvalue weighted by atomic mass is 16.5. The van der Waals surface area contributed by atoms with Crippen molar-refractivity contribution in [2.45, 2.75) is 13.5 Å². The fraction of sp³-hybridized carbons (Fsp3) is 0.150. The van der Waals surface area contributed by atoms with Gasteiger partial charge in [-0.15, -0.1) is 0 Å². The third-order valence-corrected chi connectivity index (χ3v) is 4.06. The lowest BCUT2D eigenvalue weighted by atomic mass is 10.1. The van der Waals surface area contributed by atoms with Crippen molar-refractivity contribution in [1.82, 2.24) is 9.55 Å². The Balaban J connectivity index is 1.64. The van der Waals surface area contributed by atoms with E-state index in [2.05, 4.69) is 15.0 Å². The van der Waals surface area contributed by atoms with E-state index in [1.165, 1.54) is 7.11 Å². The number of aryl methyl sites for hydroxylation is 1. The van der Waals surface area contributed by atoms with Crippen LogP contribution in [0, 0.1) is 6.92 Å². The minimum absolute atomic E-state index is 0.207. The molecule has 0 spiro atoms. The summed E-state index contributed by atoms with van der Waals surface area (Å²) in [5.74, 6) is 0.329. The van der Waals surface area contributed by atoms with Gasteiger partial charge in [0.1, 0.15) is 5.82 Å². The quantitative estimate of drug-likeness (QED) is 0.718. The third kappa shape index (κ3) is 3.97. The molecule has 6 heteroatoms. The summed E-state index contributed by atoms with van der Waals surface area (Å²) in [6.45, 7) is 2.66. The number of aromatic nitrogens is 2. The number of carbonyl (C=O) groups is 2. The smallest absolute Gasteiger partial charge is 0.337 e. The van der Waals surface area contributed by atoms with E-state index in [-0.39, 0.29) is 5.91 Å². The summed E-state index contributed by atoms with van der Waals surface area (Å²) >= 11 is 0. The number of hydrogen-bond acceptors (Lipinski definition) is 4. The van der Waals surface area contributed by atoms with E-state index in [0.717, 1.165) is 11.4 Å². The third-order valence-electron chi connectivity index (χ3n) is 4.06. The second kappa shape index (κ2) is 7.65. The Bertz CT molecular complexity index is 912. The first-order valence-corrected chi connectivity index (χ1v) is 8.13. The van der Waals surface area contributed by atoms with Gasteiger partial charge < -0.3 is 14.6 Å². The zero-order valence-electron chi connectivity index (χ0n) is 14.6. The molecule has 0 radical (unpaired) electrons. The van der Waals surface area contributed by atoms with Crippen LogP contribution in [0.4, 0.5) is 5.69 Å². The molecule has 6 nitrogen and oxygen atoms in total. The lowest BCUT2D eigenvalue weighted by Gasteiger charge is -2.08. The second-order valence-corrected chi connectivity index (χ2v) is 5.82. The molecule has 0 saturated carbocycles. The fourth-order valence-electron chi connectivity index (χ4n) is 2.54. The number of carbonyl (C=O) groups excluding carboxylic acids is 2. The van der Waals surface area contributed by atoms with Gasteiger partial charge in [0.15, 0.2) is 0 Å². The van der Waals surface area contributed by atoms with Crippen LogP contribution in [0.1, 0.15) is 32.1 Å². The van der Waals surface area contributed by atoms with Crippen molar-refractivity contribution in [3.63, 3.8) is 0 Å². The molecule has 0 aliphatic rings. The molecule has 0 atom stereocenters. The van der Waals surface area contributed by atoms with E-state index in [4.69, 9.17) is 0 Å². The molecule has 0 unspecified atom stereocenters. The average Bonchev–Trinajstić information content (AvgIpc) is 3.07. The van der Waals surface area contributed by atoms with Gasteiger partial charge in [0.2, 0.25) is 0 Å². The number of ether oxygens (including phenoxy) is 1. The monoisotopic (exact) mass is 349 g/mol. The van der Waals surface area contributed by atoms with Gasteiger partial charge in [0.05, 0.1) is 12.7 Å². The second-order valence-electron chi connectivity index (χ2n) is 5.82. The van der Waals surface area contributed by atoms with Crippen molar-refractivity contribution < 1.29 is 14.3 Å². The first-order valence-electron chi connectivity index (χ1n) is 8.13. The van der Waals surface area contributed by atoms with Crippen LogP contribution in [0.15, 0.2) is 60.9 Å². The lowest BCUT2D eigenvalue weighted by Crippen LogP contribution is -2.12.